The van der Waals surface area contributed by atoms with Gasteiger partial charge in [-0.15, -0.1) is 0 Å². The van der Waals surface area contributed by atoms with Crippen molar-refractivity contribution in [1.29, 1.82) is 0 Å². The highest BCUT2D eigenvalue weighted by Crippen LogP contribution is 2.47. The van der Waals surface area contributed by atoms with E-state index in [0.717, 1.165) is 37.7 Å². The van der Waals surface area contributed by atoms with Crippen molar-refractivity contribution < 1.29 is 13.2 Å². The number of sulfonamides is 1. The number of carbonyl (C=O) groups is 1. The molecule has 2 N–H and O–H groups in total. The third kappa shape index (κ3) is 4.93. The van der Waals surface area contributed by atoms with E-state index in [1.54, 1.807) is 16.4 Å². The summed E-state index contributed by atoms with van der Waals surface area (Å²) in [4.78, 5) is 12.7. The van der Waals surface area contributed by atoms with Crippen LogP contribution in [0.4, 0.5) is 5.69 Å². The van der Waals surface area contributed by atoms with Gasteiger partial charge in [0.2, 0.25) is 15.9 Å². The van der Waals surface area contributed by atoms with Crippen molar-refractivity contribution >= 4 is 21.6 Å². The molecule has 4 rings (SSSR count). The summed E-state index contributed by atoms with van der Waals surface area (Å²) in [5.41, 5.74) is 2.70. The number of aryl methyl sites for hydroxylation is 1. The minimum Gasteiger partial charge on any atom is -0.376 e. The van der Waals surface area contributed by atoms with E-state index in [4.69, 9.17) is 0 Å². The zero-order valence-electron chi connectivity index (χ0n) is 18.1. The standard InChI is InChI=1S/C24H31N3O3S/c1-19-10-11-21(16-22(19)31(29,30)27-14-6-3-7-15-27)25-17-23(28)26-18-24(12-13-24)20-8-4-2-5-9-20/h2,4-5,8-11,16,25H,3,6-7,12-15,17-18H2,1H3,(H,26,28). The predicted octanol–water partition coefficient (Wildman–Crippen LogP) is 3.43. The van der Waals surface area contributed by atoms with Crippen LogP contribution in [0.2, 0.25) is 0 Å². The molecule has 0 unspecified atom stereocenters. The van der Waals surface area contributed by atoms with Gasteiger partial charge < -0.3 is 10.6 Å². The Bertz CT molecular complexity index is 1030. The van der Waals surface area contributed by atoms with E-state index < -0.39 is 10.0 Å². The molecule has 2 aliphatic rings. The molecular formula is C24H31N3O3S. The molecule has 0 spiro atoms. The molecule has 0 atom stereocenters. The van der Waals surface area contributed by atoms with Crippen LogP contribution < -0.4 is 10.6 Å². The smallest absolute Gasteiger partial charge is 0.243 e. The minimum atomic E-state index is -3.51. The molecule has 6 nitrogen and oxygen atoms in total. The van der Waals surface area contributed by atoms with Gasteiger partial charge in [0, 0.05) is 30.7 Å². The first-order valence-electron chi connectivity index (χ1n) is 11.1. The van der Waals surface area contributed by atoms with Crippen LogP contribution in [0.3, 0.4) is 0 Å². The van der Waals surface area contributed by atoms with Crippen molar-refractivity contribution in [3.8, 4) is 0 Å². The summed E-state index contributed by atoms with van der Waals surface area (Å²) >= 11 is 0. The van der Waals surface area contributed by atoms with Crippen LogP contribution >= 0.6 is 0 Å². The summed E-state index contributed by atoms with van der Waals surface area (Å²) in [5, 5.41) is 6.12. The number of hydrogen-bond donors (Lipinski definition) is 2. The number of nitrogens with one attached hydrogen (secondary N) is 2. The first-order valence-corrected chi connectivity index (χ1v) is 12.5. The van der Waals surface area contributed by atoms with Crippen LogP contribution in [0.5, 0.6) is 0 Å². The Morgan fingerprint density at radius 2 is 1.74 bits per heavy atom. The summed E-state index contributed by atoms with van der Waals surface area (Å²) in [7, 11) is -3.51. The molecule has 1 heterocycles. The van der Waals surface area contributed by atoms with Crippen LogP contribution in [0.25, 0.3) is 0 Å². The van der Waals surface area contributed by atoms with E-state index in [2.05, 4.69) is 22.8 Å². The third-order valence-corrected chi connectivity index (χ3v) is 8.48. The number of nitrogens with zero attached hydrogens (tertiary/aromatic N) is 1. The van der Waals surface area contributed by atoms with E-state index in [-0.39, 0.29) is 17.9 Å². The lowest BCUT2D eigenvalue weighted by Crippen LogP contribution is -2.36. The Balaban J connectivity index is 1.35. The molecule has 31 heavy (non-hydrogen) atoms. The van der Waals surface area contributed by atoms with Crippen molar-refractivity contribution in [2.24, 2.45) is 0 Å². The number of benzene rings is 2. The molecule has 0 aromatic heterocycles. The topological polar surface area (TPSA) is 78.5 Å². The fraction of sp³-hybridized carbons (Fsp3) is 0.458. The van der Waals surface area contributed by atoms with Gasteiger partial charge in [0.1, 0.15) is 0 Å². The molecule has 1 aliphatic carbocycles. The average molecular weight is 442 g/mol. The summed E-state index contributed by atoms with van der Waals surface area (Å²) in [6, 6.07) is 15.6. The van der Waals surface area contributed by atoms with Gasteiger partial charge in [-0.05, 0) is 55.9 Å². The summed E-state index contributed by atoms with van der Waals surface area (Å²) in [6.07, 6.45) is 5.05. The first kappa shape index (κ1) is 21.8. The van der Waals surface area contributed by atoms with Gasteiger partial charge in [-0.1, -0.05) is 42.8 Å². The largest absolute Gasteiger partial charge is 0.376 e. The number of carbonyl (C=O) groups excluding carboxylic acids is 1. The van der Waals surface area contributed by atoms with Gasteiger partial charge in [-0.2, -0.15) is 4.31 Å². The summed E-state index contributed by atoms with van der Waals surface area (Å²) < 4.78 is 27.7. The molecule has 1 saturated carbocycles. The van der Waals surface area contributed by atoms with Crippen LogP contribution in [0.15, 0.2) is 53.4 Å². The second-order valence-corrected chi connectivity index (χ2v) is 10.6. The van der Waals surface area contributed by atoms with E-state index >= 15 is 0 Å². The molecule has 166 valence electrons. The Kier molecular flexibility index (Phi) is 6.34. The van der Waals surface area contributed by atoms with Gasteiger partial charge in [-0.3, -0.25) is 4.79 Å². The average Bonchev–Trinajstić information content (AvgIpc) is 3.59. The normalized spacial score (nSPS) is 18.4. The Morgan fingerprint density at radius 3 is 2.42 bits per heavy atom. The monoisotopic (exact) mass is 441 g/mol. The number of anilines is 1. The van der Waals surface area contributed by atoms with Crippen molar-refractivity contribution in [1.82, 2.24) is 9.62 Å². The Morgan fingerprint density at radius 1 is 1.03 bits per heavy atom. The molecule has 0 radical (unpaired) electrons. The third-order valence-electron chi connectivity index (χ3n) is 6.44. The number of hydrogen-bond acceptors (Lipinski definition) is 4. The number of amides is 1. The van der Waals surface area contributed by atoms with Crippen molar-refractivity contribution in [2.45, 2.75) is 49.3 Å². The van der Waals surface area contributed by atoms with E-state index in [1.807, 2.05) is 31.2 Å². The van der Waals surface area contributed by atoms with Crippen molar-refractivity contribution in [2.75, 3.05) is 31.5 Å². The molecule has 1 amide bonds. The van der Waals surface area contributed by atoms with Crippen LogP contribution in [-0.4, -0.2) is 44.8 Å². The molecule has 1 aliphatic heterocycles. The SMILES string of the molecule is Cc1ccc(NCC(=O)NCC2(c3ccccc3)CC2)cc1S(=O)(=O)N1CCCCC1. The summed E-state index contributed by atoms with van der Waals surface area (Å²) in [6.45, 7) is 3.69. The van der Waals surface area contributed by atoms with Gasteiger partial charge in [-0.25, -0.2) is 8.42 Å². The van der Waals surface area contributed by atoms with Crippen LogP contribution in [0, 0.1) is 6.92 Å². The predicted molar refractivity (Wildman–Crippen MR) is 123 cm³/mol. The molecule has 2 aromatic carbocycles. The van der Waals surface area contributed by atoms with E-state index in [1.165, 1.54) is 5.56 Å². The highest BCUT2D eigenvalue weighted by Gasteiger charge is 2.44. The summed E-state index contributed by atoms with van der Waals surface area (Å²) in [5.74, 6) is -0.0942. The maximum atomic E-state index is 13.1. The fourth-order valence-electron chi connectivity index (χ4n) is 4.26. The Hall–Kier alpha value is -2.38. The second kappa shape index (κ2) is 9.01. The first-order chi connectivity index (χ1) is 14.9. The number of rotatable bonds is 8. The highest BCUT2D eigenvalue weighted by atomic mass is 32.2. The number of piperidine rings is 1. The van der Waals surface area contributed by atoms with Crippen molar-refractivity contribution in [3.63, 3.8) is 0 Å². The second-order valence-electron chi connectivity index (χ2n) is 8.72. The molecule has 1 saturated heterocycles. The minimum absolute atomic E-state index is 0.0659. The zero-order chi connectivity index (χ0) is 21.9. The fourth-order valence-corrected chi connectivity index (χ4v) is 6.02. The van der Waals surface area contributed by atoms with Crippen molar-refractivity contribution in [3.05, 3.63) is 59.7 Å². The molecular weight excluding hydrogens is 410 g/mol. The van der Waals surface area contributed by atoms with Gasteiger partial charge in [0.15, 0.2) is 0 Å². The zero-order valence-corrected chi connectivity index (χ0v) is 18.9. The van der Waals surface area contributed by atoms with Gasteiger partial charge in [0.25, 0.3) is 0 Å². The van der Waals surface area contributed by atoms with E-state index in [9.17, 15) is 13.2 Å². The molecule has 7 heteroatoms. The highest BCUT2D eigenvalue weighted by molar-refractivity contribution is 7.89. The van der Waals surface area contributed by atoms with Gasteiger partial charge in [0.05, 0.1) is 11.4 Å². The van der Waals surface area contributed by atoms with E-state index in [0.29, 0.717) is 30.2 Å². The maximum absolute atomic E-state index is 13.1. The molecule has 2 fully saturated rings. The van der Waals surface area contributed by atoms with Crippen LogP contribution in [0.1, 0.15) is 43.2 Å². The lowest BCUT2D eigenvalue weighted by atomic mass is 9.96. The Labute approximate surface area is 185 Å². The molecule has 0 bridgehead atoms. The maximum Gasteiger partial charge on any atom is 0.243 e. The molecule has 2 aromatic rings. The quantitative estimate of drug-likeness (QED) is 0.658. The van der Waals surface area contributed by atoms with Gasteiger partial charge >= 0.3 is 0 Å². The lowest BCUT2D eigenvalue weighted by Gasteiger charge is -2.26. The lowest BCUT2D eigenvalue weighted by molar-refractivity contribution is -0.119. The van der Waals surface area contributed by atoms with Crippen LogP contribution in [-0.2, 0) is 20.2 Å².